The van der Waals surface area contributed by atoms with E-state index >= 15 is 0 Å². The Balaban J connectivity index is 2.31. The standard InChI is InChI=1S/C14H9FN4/c1-9-5-10(7-16)12(15)6-11(9)13-3-2-4-14-17-8-18-19(13)14/h2-6,8H,1H3. The number of nitrogens with zero attached hydrogens (tertiary/aromatic N) is 4. The van der Waals surface area contributed by atoms with Crippen molar-refractivity contribution in [1.29, 1.82) is 5.26 Å². The van der Waals surface area contributed by atoms with Crippen LogP contribution in [0.3, 0.4) is 0 Å². The summed E-state index contributed by atoms with van der Waals surface area (Å²) in [7, 11) is 0. The number of pyridine rings is 1. The molecular weight excluding hydrogens is 243 g/mol. The largest absolute Gasteiger partial charge is 0.215 e. The minimum Gasteiger partial charge on any atom is -0.215 e. The number of rotatable bonds is 1. The van der Waals surface area contributed by atoms with Crippen LogP contribution in [-0.4, -0.2) is 14.6 Å². The predicted molar refractivity (Wildman–Crippen MR) is 67.8 cm³/mol. The van der Waals surface area contributed by atoms with Crippen molar-refractivity contribution >= 4 is 5.65 Å². The zero-order chi connectivity index (χ0) is 13.4. The number of hydrogen-bond donors (Lipinski definition) is 0. The van der Waals surface area contributed by atoms with Crippen LogP contribution in [0.2, 0.25) is 0 Å². The zero-order valence-corrected chi connectivity index (χ0v) is 10.1. The highest BCUT2D eigenvalue weighted by molar-refractivity contribution is 5.67. The van der Waals surface area contributed by atoms with E-state index in [9.17, 15) is 4.39 Å². The summed E-state index contributed by atoms with van der Waals surface area (Å²) in [5.41, 5.74) is 3.01. The third-order valence-electron chi connectivity index (χ3n) is 3.01. The molecule has 0 bridgehead atoms. The van der Waals surface area contributed by atoms with E-state index in [1.54, 1.807) is 10.6 Å². The van der Waals surface area contributed by atoms with Crippen LogP contribution in [0, 0.1) is 24.1 Å². The molecule has 0 N–H and O–H groups in total. The lowest BCUT2D eigenvalue weighted by Crippen LogP contribution is -1.97. The fraction of sp³-hybridized carbons (Fsp3) is 0.0714. The highest BCUT2D eigenvalue weighted by Crippen LogP contribution is 2.26. The Morgan fingerprint density at radius 2 is 2.16 bits per heavy atom. The fourth-order valence-corrected chi connectivity index (χ4v) is 2.09. The molecule has 0 amide bonds. The van der Waals surface area contributed by atoms with E-state index in [0.29, 0.717) is 11.2 Å². The van der Waals surface area contributed by atoms with E-state index in [-0.39, 0.29) is 5.56 Å². The molecule has 2 heterocycles. The number of aromatic nitrogens is 3. The lowest BCUT2D eigenvalue weighted by Gasteiger charge is -2.08. The summed E-state index contributed by atoms with van der Waals surface area (Å²) in [6.07, 6.45) is 1.45. The van der Waals surface area contributed by atoms with Gasteiger partial charge in [-0.3, -0.25) is 0 Å². The van der Waals surface area contributed by atoms with E-state index in [1.807, 2.05) is 31.2 Å². The van der Waals surface area contributed by atoms with Gasteiger partial charge in [-0.05, 0) is 36.8 Å². The minimum atomic E-state index is -0.528. The molecule has 4 nitrogen and oxygen atoms in total. The van der Waals surface area contributed by atoms with Crippen LogP contribution in [0.1, 0.15) is 11.1 Å². The first-order chi connectivity index (χ1) is 9.20. The average Bonchev–Trinajstić information content (AvgIpc) is 2.89. The van der Waals surface area contributed by atoms with Crippen molar-refractivity contribution in [2.75, 3.05) is 0 Å². The minimum absolute atomic E-state index is 0.0482. The second kappa shape index (κ2) is 4.18. The molecule has 1 aromatic carbocycles. The quantitative estimate of drug-likeness (QED) is 0.669. The molecule has 0 radical (unpaired) electrons. The monoisotopic (exact) mass is 252 g/mol. The van der Waals surface area contributed by atoms with Crippen molar-refractivity contribution in [3.05, 3.63) is 53.6 Å². The van der Waals surface area contributed by atoms with Crippen LogP contribution in [0.5, 0.6) is 0 Å². The summed E-state index contributed by atoms with van der Waals surface area (Å²) >= 11 is 0. The van der Waals surface area contributed by atoms with Crippen LogP contribution in [0.15, 0.2) is 36.7 Å². The van der Waals surface area contributed by atoms with Crippen molar-refractivity contribution in [2.45, 2.75) is 6.92 Å². The second-order valence-electron chi connectivity index (χ2n) is 4.20. The second-order valence-corrected chi connectivity index (χ2v) is 4.20. The predicted octanol–water partition coefficient (Wildman–Crippen LogP) is 2.72. The fourth-order valence-electron chi connectivity index (χ4n) is 2.09. The molecule has 0 saturated carbocycles. The van der Waals surface area contributed by atoms with Gasteiger partial charge in [0.1, 0.15) is 18.2 Å². The molecule has 0 aliphatic heterocycles. The summed E-state index contributed by atoms with van der Waals surface area (Å²) in [5, 5.41) is 13.0. The first kappa shape index (κ1) is 11.4. The summed E-state index contributed by atoms with van der Waals surface area (Å²) in [6, 6.07) is 10.3. The van der Waals surface area contributed by atoms with Crippen LogP contribution >= 0.6 is 0 Å². The number of aryl methyl sites for hydroxylation is 1. The molecule has 0 unspecified atom stereocenters. The zero-order valence-electron chi connectivity index (χ0n) is 10.1. The molecule has 3 rings (SSSR count). The van der Waals surface area contributed by atoms with Gasteiger partial charge in [0, 0.05) is 5.56 Å². The van der Waals surface area contributed by atoms with Crippen molar-refractivity contribution in [1.82, 2.24) is 14.6 Å². The van der Waals surface area contributed by atoms with Crippen molar-refractivity contribution in [3.63, 3.8) is 0 Å². The first-order valence-corrected chi connectivity index (χ1v) is 5.70. The van der Waals surface area contributed by atoms with E-state index < -0.39 is 5.82 Å². The third kappa shape index (κ3) is 1.74. The molecule has 0 spiro atoms. The van der Waals surface area contributed by atoms with Crippen LogP contribution in [-0.2, 0) is 0 Å². The lowest BCUT2D eigenvalue weighted by atomic mass is 10.0. The van der Waals surface area contributed by atoms with E-state index in [0.717, 1.165) is 11.3 Å². The number of hydrogen-bond acceptors (Lipinski definition) is 3. The molecule has 2 aromatic heterocycles. The summed E-state index contributed by atoms with van der Waals surface area (Å²) in [4.78, 5) is 4.10. The van der Waals surface area contributed by atoms with E-state index in [2.05, 4.69) is 10.1 Å². The molecule has 0 aliphatic rings. The molecule has 3 aromatic rings. The van der Waals surface area contributed by atoms with Gasteiger partial charge in [0.2, 0.25) is 0 Å². The Labute approximate surface area is 108 Å². The molecule has 0 saturated heterocycles. The number of halogens is 1. The van der Waals surface area contributed by atoms with Gasteiger partial charge >= 0.3 is 0 Å². The van der Waals surface area contributed by atoms with Gasteiger partial charge in [0.25, 0.3) is 0 Å². The van der Waals surface area contributed by atoms with Crippen LogP contribution in [0.25, 0.3) is 16.9 Å². The number of fused-ring (bicyclic) bond motifs is 1. The van der Waals surface area contributed by atoms with Gasteiger partial charge in [-0.2, -0.15) is 10.4 Å². The maximum Gasteiger partial charge on any atom is 0.155 e. The highest BCUT2D eigenvalue weighted by atomic mass is 19.1. The maximum absolute atomic E-state index is 13.8. The molecule has 92 valence electrons. The Kier molecular flexibility index (Phi) is 2.50. The van der Waals surface area contributed by atoms with Gasteiger partial charge in [0.15, 0.2) is 5.65 Å². The van der Waals surface area contributed by atoms with Crippen molar-refractivity contribution < 1.29 is 4.39 Å². The molecule has 0 fully saturated rings. The van der Waals surface area contributed by atoms with Crippen LogP contribution < -0.4 is 0 Å². The Bertz CT molecular complexity index is 814. The van der Waals surface area contributed by atoms with E-state index in [1.165, 1.54) is 12.4 Å². The summed E-state index contributed by atoms with van der Waals surface area (Å²) in [5.74, 6) is -0.528. The molecule has 5 heteroatoms. The number of benzene rings is 1. The van der Waals surface area contributed by atoms with Gasteiger partial charge in [0.05, 0.1) is 11.3 Å². The lowest BCUT2D eigenvalue weighted by molar-refractivity contribution is 0.624. The van der Waals surface area contributed by atoms with Gasteiger partial charge in [-0.1, -0.05) is 6.07 Å². The topological polar surface area (TPSA) is 54.0 Å². The Hall–Kier alpha value is -2.74. The Morgan fingerprint density at radius 1 is 1.32 bits per heavy atom. The highest BCUT2D eigenvalue weighted by Gasteiger charge is 2.11. The van der Waals surface area contributed by atoms with Crippen molar-refractivity contribution in [3.8, 4) is 17.3 Å². The molecule has 0 atom stereocenters. The maximum atomic E-state index is 13.8. The van der Waals surface area contributed by atoms with Crippen molar-refractivity contribution in [2.24, 2.45) is 0 Å². The molecule has 0 aliphatic carbocycles. The average molecular weight is 252 g/mol. The van der Waals surface area contributed by atoms with Crippen LogP contribution in [0.4, 0.5) is 4.39 Å². The summed E-state index contributed by atoms with van der Waals surface area (Å²) in [6.45, 7) is 1.84. The first-order valence-electron chi connectivity index (χ1n) is 5.70. The van der Waals surface area contributed by atoms with Gasteiger partial charge in [-0.15, -0.1) is 0 Å². The molecular formula is C14H9FN4. The number of nitriles is 1. The van der Waals surface area contributed by atoms with Gasteiger partial charge < -0.3 is 0 Å². The molecule has 19 heavy (non-hydrogen) atoms. The normalized spacial score (nSPS) is 10.6. The summed E-state index contributed by atoms with van der Waals surface area (Å²) < 4.78 is 15.4. The third-order valence-corrected chi connectivity index (χ3v) is 3.01. The van der Waals surface area contributed by atoms with Gasteiger partial charge in [-0.25, -0.2) is 13.9 Å². The van der Waals surface area contributed by atoms with E-state index in [4.69, 9.17) is 5.26 Å². The Morgan fingerprint density at radius 3 is 2.95 bits per heavy atom. The smallest absolute Gasteiger partial charge is 0.155 e. The SMILES string of the molecule is Cc1cc(C#N)c(F)cc1-c1cccc2ncnn12.